The van der Waals surface area contributed by atoms with Crippen LogP contribution >= 0.6 is 27.7 Å². The summed E-state index contributed by atoms with van der Waals surface area (Å²) in [6, 6.07) is 15.7. The normalized spacial score (nSPS) is 12.1. The van der Waals surface area contributed by atoms with Crippen molar-refractivity contribution in [2.24, 2.45) is 5.10 Å². The quantitative estimate of drug-likeness (QED) is 0.552. The topological polar surface area (TPSA) is 50.7 Å². The summed E-state index contributed by atoms with van der Waals surface area (Å²) in [5.41, 5.74) is 4.56. The third kappa shape index (κ3) is 5.69. The molecule has 0 bridgehead atoms. The first-order valence-electron chi connectivity index (χ1n) is 7.42. The minimum absolute atomic E-state index is 0.124. The molecule has 2 rings (SSSR count). The third-order valence-corrected chi connectivity index (χ3v) is 4.99. The van der Waals surface area contributed by atoms with Gasteiger partial charge in [0.15, 0.2) is 0 Å². The van der Waals surface area contributed by atoms with E-state index in [0.29, 0.717) is 5.75 Å². The van der Waals surface area contributed by atoms with E-state index in [-0.39, 0.29) is 11.2 Å². The Hall–Kier alpha value is -1.79. The van der Waals surface area contributed by atoms with Crippen LogP contribution in [0.4, 0.5) is 0 Å². The number of nitrogens with zero attached hydrogens (tertiary/aromatic N) is 1. The zero-order valence-electron chi connectivity index (χ0n) is 13.5. The average Bonchev–Trinajstić information content (AvgIpc) is 2.60. The molecule has 0 aliphatic carbocycles. The molecule has 0 unspecified atom stereocenters. The highest BCUT2D eigenvalue weighted by Crippen LogP contribution is 2.21. The minimum Gasteiger partial charge on any atom is -0.496 e. The number of nitrogens with one attached hydrogen (secondary N) is 1. The van der Waals surface area contributed by atoms with E-state index in [4.69, 9.17) is 4.74 Å². The summed E-state index contributed by atoms with van der Waals surface area (Å²) >= 11 is 4.98. The second-order valence-electron chi connectivity index (χ2n) is 5.06. The van der Waals surface area contributed by atoms with Crippen molar-refractivity contribution in [2.75, 3.05) is 7.11 Å². The Balaban J connectivity index is 1.87. The molecule has 0 aromatic heterocycles. The zero-order chi connectivity index (χ0) is 17.4. The lowest BCUT2D eigenvalue weighted by atomic mass is 10.2. The summed E-state index contributed by atoms with van der Waals surface area (Å²) in [5, 5.41) is 3.84. The van der Waals surface area contributed by atoms with Crippen LogP contribution in [-0.4, -0.2) is 24.5 Å². The zero-order valence-corrected chi connectivity index (χ0v) is 15.9. The molecule has 24 heavy (non-hydrogen) atoms. The average molecular weight is 407 g/mol. The lowest BCUT2D eigenvalue weighted by molar-refractivity contribution is -0.120. The van der Waals surface area contributed by atoms with Gasteiger partial charge in [-0.25, -0.2) is 5.43 Å². The van der Waals surface area contributed by atoms with E-state index in [9.17, 15) is 4.79 Å². The number of hydrazone groups is 1. The molecule has 0 aliphatic heterocycles. The van der Waals surface area contributed by atoms with Crippen molar-refractivity contribution in [1.29, 1.82) is 0 Å². The van der Waals surface area contributed by atoms with Crippen molar-refractivity contribution < 1.29 is 9.53 Å². The number of carbonyl (C=O) groups is 1. The number of rotatable bonds is 7. The Morgan fingerprint density at radius 1 is 1.33 bits per heavy atom. The molecule has 0 heterocycles. The van der Waals surface area contributed by atoms with Crippen LogP contribution in [0.15, 0.2) is 58.1 Å². The number of halogens is 1. The molecule has 0 saturated heterocycles. The lowest BCUT2D eigenvalue weighted by Gasteiger charge is -2.09. The fraction of sp³-hybridized carbons (Fsp3) is 0.222. The second-order valence-corrected chi connectivity index (χ2v) is 7.30. The summed E-state index contributed by atoms with van der Waals surface area (Å²) in [5.74, 6) is 1.36. The van der Waals surface area contributed by atoms with Gasteiger partial charge in [-0.2, -0.15) is 5.10 Å². The van der Waals surface area contributed by atoms with Crippen molar-refractivity contribution in [3.8, 4) is 5.75 Å². The Kier molecular flexibility index (Phi) is 7.34. The molecule has 0 fully saturated rings. The van der Waals surface area contributed by atoms with E-state index in [1.807, 2.05) is 43.3 Å². The first kappa shape index (κ1) is 18.5. The van der Waals surface area contributed by atoms with Crippen LogP contribution in [0, 0.1) is 0 Å². The Bertz CT molecular complexity index is 707. The molecule has 1 N–H and O–H groups in total. The van der Waals surface area contributed by atoms with Gasteiger partial charge in [-0.15, -0.1) is 11.8 Å². The van der Waals surface area contributed by atoms with Crippen molar-refractivity contribution in [3.05, 3.63) is 64.1 Å². The predicted molar refractivity (Wildman–Crippen MR) is 104 cm³/mol. The fourth-order valence-electron chi connectivity index (χ4n) is 1.93. The van der Waals surface area contributed by atoms with Gasteiger partial charge in [0, 0.05) is 15.8 Å². The van der Waals surface area contributed by atoms with Crippen molar-refractivity contribution >= 4 is 39.8 Å². The van der Waals surface area contributed by atoms with E-state index >= 15 is 0 Å². The number of amides is 1. The van der Waals surface area contributed by atoms with Crippen LogP contribution in [-0.2, 0) is 10.5 Å². The number of methoxy groups -OCH3 is 1. The highest BCUT2D eigenvalue weighted by atomic mass is 79.9. The maximum Gasteiger partial charge on any atom is 0.252 e. The molecular formula is C18H19BrN2O2S. The monoisotopic (exact) mass is 406 g/mol. The molecule has 0 aliphatic rings. The van der Waals surface area contributed by atoms with Gasteiger partial charge in [0.1, 0.15) is 5.75 Å². The summed E-state index contributed by atoms with van der Waals surface area (Å²) < 4.78 is 6.18. The molecule has 0 radical (unpaired) electrons. The van der Waals surface area contributed by atoms with Crippen molar-refractivity contribution in [3.63, 3.8) is 0 Å². The second kappa shape index (κ2) is 9.49. The maximum atomic E-state index is 12.1. The molecule has 2 aromatic rings. The van der Waals surface area contributed by atoms with Gasteiger partial charge < -0.3 is 4.74 Å². The SMILES string of the molecule is COc1ccc(Br)cc1/C=N\NC(=O)[C@@H](C)SCc1ccccc1. The molecule has 0 saturated carbocycles. The van der Waals surface area contributed by atoms with Crippen LogP contribution in [0.25, 0.3) is 0 Å². The first-order valence-corrected chi connectivity index (χ1v) is 9.26. The Morgan fingerprint density at radius 2 is 2.08 bits per heavy atom. The van der Waals surface area contributed by atoms with Crippen LogP contribution in [0.3, 0.4) is 0 Å². The Labute approximate surface area is 154 Å². The molecule has 126 valence electrons. The number of ether oxygens (including phenoxy) is 1. The molecule has 1 amide bonds. The number of carbonyl (C=O) groups excluding carboxylic acids is 1. The van der Waals surface area contributed by atoms with Gasteiger partial charge >= 0.3 is 0 Å². The van der Waals surface area contributed by atoms with Crippen molar-refractivity contribution in [1.82, 2.24) is 5.43 Å². The molecule has 4 nitrogen and oxygen atoms in total. The lowest BCUT2D eigenvalue weighted by Crippen LogP contribution is -2.27. The van der Waals surface area contributed by atoms with Gasteiger partial charge in [0.25, 0.3) is 5.91 Å². The molecule has 1 atom stereocenters. The predicted octanol–water partition coefficient (Wildman–Crippen LogP) is 4.23. The van der Waals surface area contributed by atoms with E-state index in [0.717, 1.165) is 15.8 Å². The molecule has 6 heteroatoms. The minimum atomic E-state index is -0.188. The summed E-state index contributed by atoms with van der Waals surface area (Å²) in [7, 11) is 1.60. The largest absolute Gasteiger partial charge is 0.496 e. The number of hydrogen-bond donors (Lipinski definition) is 1. The van der Waals surface area contributed by atoms with Crippen LogP contribution in [0.5, 0.6) is 5.75 Å². The van der Waals surface area contributed by atoms with E-state index in [2.05, 4.69) is 38.6 Å². The van der Waals surface area contributed by atoms with Crippen LogP contribution in [0.1, 0.15) is 18.1 Å². The summed E-state index contributed by atoms with van der Waals surface area (Å²) in [4.78, 5) is 12.1. The standard InChI is InChI=1S/C18H19BrN2O2S/c1-13(24-12-14-6-4-3-5-7-14)18(22)21-20-11-15-10-16(19)8-9-17(15)23-2/h3-11,13H,12H2,1-2H3,(H,21,22)/b20-11-/t13-/m1/s1. The van der Waals surface area contributed by atoms with Gasteiger partial charge in [0.05, 0.1) is 18.6 Å². The molecular weight excluding hydrogens is 388 g/mol. The summed E-state index contributed by atoms with van der Waals surface area (Å²) in [6.45, 7) is 1.87. The highest BCUT2D eigenvalue weighted by Gasteiger charge is 2.12. The fourth-order valence-corrected chi connectivity index (χ4v) is 3.15. The number of hydrogen-bond acceptors (Lipinski definition) is 4. The molecule has 2 aromatic carbocycles. The number of thioether (sulfide) groups is 1. The third-order valence-electron chi connectivity index (χ3n) is 3.28. The highest BCUT2D eigenvalue weighted by molar-refractivity contribution is 9.10. The smallest absolute Gasteiger partial charge is 0.252 e. The van der Waals surface area contributed by atoms with Crippen LogP contribution in [0.2, 0.25) is 0 Å². The van der Waals surface area contributed by atoms with E-state index in [1.165, 1.54) is 5.56 Å². The van der Waals surface area contributed by atoms with Gasteiger partial charge in [0.2, 0.25) is 0 Å². The molecule has 0 spiro atoms. The van der Waals surface area contributed by atoms with E-state index in [1.54, 1.807) is 25.1 Å². The van der Waals surface area contributed by atoms with Crippen molar-refractivity contribution in [2.45, 2.75) is 17.9 Å². The first-order chi connectivity index (χ1) is 11.6. The number of benzene rings is 2. The van der Waals surface area contributed by atoms with Gasteiger partial charge in [-0.05, 0) is 30.7 Å². The summed E-state index contributed by atoms with van der Waals surface area (Å²) in [6.07, 6.45) is 1.58. The maximum absolute atomic E-state index is 12.1. The Morgan fingerprint density at radius 3 is 2.79 bits per heavy atom. The van der Waals surface area contributed by atoms with Gasteiger partial charge in [-0.3, -0.25) is 4.79 Å². The van der Waals surface area contributed by atoms with E-state index < -0.39 is 0 Å². The van der Waals surface area contributed by atoms with Gasteiger partial charge in [-0.1, -0.05) is 46.3 Å². The van der Waals surface area contributed by atoms with Crippen LogP contribution < -0.4 is 10.2 Å².